The molecule has 3 aromatic rings. The molecule has 0 spiro atoms. The van der Waals surface area contributed by atoms with Crippen LogP contribution < -0.4 is 10.3 Å². The minimum absolute atomic E-state index is 0.00922. The summed E-state index contributed by atoms with van der Waals surface area (Å²) in [6.45, 7) is 1.29. The van der Waals surface area contributed by atoms with Gasteiger partial charge in [-0.3, -0.25) is 4.79 Å². The molecule has 2 aromatic heterocycles. The van der Waals surface area contributed by atoms with Crippen LogP contribution in [-0.4, -0.2) is 43.5 Å². The van der Waals surface area contributed by atoms with E-state index in [-0.39, 0.29) is 16.6 Å². The maximum absolute atomic E-state index is 12.3. The molecule has 28 heavy (non-hydrogen) atoms. The third-order valence-electron chi connectivity index (χ3n) is 5.03. The predicted octanol–water partition coefficient (Wildman–Crippen LogP) is 2.49. The number of aromatic nitrogens is 2. The van der Waals surface area contributed by atoms with Gasteiger partial charge in [0.1, 0.15) is 17.4 Å². The summed E-state index contributed by atoms with van der Waals surface area (Å²) < 4.78 is 37.6. The lowest BCUT2D eigenvalue weighted by Crippen LogP contribution is -2.26. The summed E-state index contributed by atoms with van der Waals surface area (Å²) >= 11 is 0. The average Bonchev–Trinajstić information content (AvgIpc) is 3.00. The highest BCUT2D eigenvalue weighted by Gasteiger charge is 2.21. The summed E-state index contributed by atoms with van der Waals surface area (Å²) in [5, 5.41) is 0.744. The lowest BCUT2D eigenvalue weighted by Gasteiger charge is -2.24. The lowest BCUT2D eigenvalue weighted by molar-refractivity contribution is 0.0258. The minimum atomic E-state index is -3.39. The summed E-state index contributed by atoms with van der Waals surface area (Å²) in [6, 6.07) is 6.70. The maximum atomic E-state index is 12.3. The molecule has 4 rings (SSSR count). The lowest BCUT2D eigenvalue weighted by atomic mass is 10.0. The van der Waals surface area contributed by atoms with Gasteiger partial charge in [-0.05, 0) is 24.3 Å². The molecular weight excluding hydrogens is 380 g/mol. The largest absolute Gasteiger partial charge is 0.490 e. The zero-order valence-corrected chi connectivity index (χ0v) is 16.6. The Labute approximate surface area is 162 Å². The molecule has 1 aliphatic rings. The van der Waals surface area contributed by atoms with Crippen molar-refractivity contribution in [1.82, 2.24) is 9.55 Å². The fourth-order valence-corrected chi connectivity index (χ4v) is 4.25. The van der Waals surface area contributed by atoms with E-state index < -0.39 is 9.84 Å². The second kappa shape index (κ2) is 7.10. The van der Waals surface area contributed by atoms with Crippen molar-refractivity contribution in [3.8, 4) is 16.9 Å². The first-order valence-corrected chi connectivity index (χ1v) is 11.0. The highest BCUT2D eigenvalue weighted by Crippen LogP contribution is 2.38. The molecular formula is C20H22N2O5S. The molecule has 0 radical (unpaired) electrons. The molecule has 1 aromatic carbocycles. The Hall–Kier alpha value is -2.58. The van der Waals surface area contributed by atoms with Crippen LogP contribution in [0.2, 0.25) is 0 Å². The summed E-state index contributed by atoms with van der Waals surface area (Å²) in [4.78, 5) is 15.1. The van der Waals surface area contributed by atoms with Gasteiger partial charge in [0.05, 0.1) is 18.1 Å². The third-order valence-corrected chi connectivity index (χ3v) is 6.14. The van der Waals surface area contributed by atoms with Crippen molar-refractivity contribution in [2.75, 3.05) is 19.5 Å². The SMILES string of the molecule is Cn1cc(-c2cc(S(C)(=O)=O)ccc2OC2CCOCC2)c2cc[nH]c(=O)c21. The first kappa shape index (κ1) is 18.8. The highest BCUT2D eigenvalue weighted by molar-refractivity contribution is 7.90. The Bertz CT molecular complexity index is 1190. The van der Waals surface area contributed by atoms with Crippen LogP contribution >= 0.6 is 0 Å². The zero-order chi connectivity index (χ0) is 19.9. The monoisotopic (exact) mass is 402 g/mol. The van der Waals surface area contributed by atoms with Crippen LogP contribution in [-0.2, 0) is 21.6 Å². The molecule has 148 valence electrons. The maximum Gasteiger partial charge on any atom is 0.272 e. The van der Waals surface area contributed by atoms with E-state index in [9.17, 15) is 13.2 Å². The smallest absolute Gasteiger partial charge is 0.272 e. The van der Waals surface area contributed by atoms with Crippen molar-refractivity contribution in [3.63, 3.8) is 0 Å². The molecule has 0 saturated carbocycles. The molecule has 1 aliphatic heterocycles. The second-order valence-corrected chi connectivity index (χ2v) is 9.10. The van der Waals surface area contributed by atoms with Gasteiger partial charge in [0.2, 0.25) is 0 Å². The summed E-state index contributed by atoms with van der Waals surface area (Å²) in [5.74, 6) is 0.604. The van der Waals surface area contributed by atoms with Crippen LogP contribution in [0.1, 0.15) is 12.8 Å². The average molecular weight is 402 g/mol. The Morgan fingerprint density at radius 3 is 2.64 bits per heavy atom. The number of pyridine rings is 1. The van der Waals surface area contributed by atoms with Crippen LogP contribution in [0.4, 0.5) is 0 Å². The number of aryl methyl sites for hydroxylation is 1. The number of benzene rings is 1. The first-order valence-electron chi connectivity index (χ1n) is 9.10. The molecule has 0 aliphatic carbocycles. The number of nitrogens with zero attached hydrogens (tertiary/aromatic N) is 1. The standard InChI is InChI=1S/C20H22N2O5S/c1-22-12-17(15-5-8-21-20(23)19(15)22)16-11-14(28(2,24)25)3-4-18(16)27-13-6-9-26-10-7-13/h3-5,8,11-13H,6-7,9-10H2,1-2H3,(H,21,23). The quantitative estimate of drug-likeness (QED) is 0.724. The molecule has 0 amide bonds. The number of aromatic amines is 1. The fraction of sp³-hybridized carbons (Fsp3) is 0.350. The Balaban J connectivity index is 1.90. The van der Waals surface area contributed by atoms with E-state index in [1.54, 1.807) is 36.0 Å². The van der Waals surface area contributed by atoms with E-state index in [0.29, 0.717) is 30.0 Å². The Morgan fingerprint density at radius 2 is 1.93 bits per heavy atom. The number of ether oxygens (including phenoxy) is 2. The molecule has 3 heterocycles. The number of sulfone groups is 1. The van der Waals surface area contributed by atoms with E-state index in [2.05, 4.69) is 4.98 Å². The number of hydrogen-bond donors (Lipinski definition) is 1. The van der Waals surface area contributed by atoms with Gasteiger partial charge in [-0.1, -0.05) is 0 Å². The highest BCUT2D eigenvalue weighted by atomic mass is 32.2. The Morgan fingerprint density at radius 1 is 1.18 bits per heavy atom. The van der Waals surface area contributed by atoms with Gasteiger partial charge >= 0.3 is 0 Å². The van der Waals surface area contributed by atoms with Gasteiger partial charge in [0.25, 0.3) is 5.56 Å². The molecule has 0 unspecified atom stereocenters. The first-order chi connectivity index (χ1) is 13.3. The van der Waals surface area contributed by atoms with Crippen LogP contribution in [0.3, 0.4) is 0 Å². The van der Waals surface area contributed by atoms with Gasteiger partial charge in [-0.2, -0.15) is 0 Å². The summed E-state index contributed by atoms with van der Waals surface area (Å²) in [7, 11) is -1.60. The number of H-pyrrole nitrogens is 1. The summed E-state index contributed by atoms with van der Waals surface area (Å²) in [6.07, 6.45) is 6.17. The van der Waals surface area contributed by atoms with Gasteiger partial charge < -0.3 is 19.0 Å². The van der Waals surface area contributed by atoms with Crippen LogP contribution in [0.25, 0.3) is 22.0 Å². The van der Waals surface area contributed by atoms with E-state index in [4.69, 9.17) is 9.47 Å². The zero-order valence-electron chi connectivity index (χ0n) is 15.8. The van der Waals surface area contributed by atoms with Crippen LogP contribution in [0.5, 0.6) is 5.75 Å². The van der Waals surface area contributed by atoms with Crippen molar-refractivity contribution in [1.29, 1.82) is 0 Å². The van der Waals surface area contributed by atoms with Crippen molar-refractivity contribution in [2.45, 2.75) is 23.8 Å². The van der Waals surface area contributed by atoms with Gasteiger partial charge in [0, 0.05) is 55.1 Å². The van der Waals surface area contributed by atoms with E-state index in [1.807, 2.05) is 12.3 Å². The molecule has 8 heteroatoms. The van der Waals surface area contributed by atoms with Gasteiger partial charge in [0.15, 0.2) is 9.84 Å². The van der Waals surface area contributed by atoms with Crippen molar-refractivity contribution < 1.29 is 17.9 Å². The molecule has 7 nitrogen and oxygen atoms in total. The number of rotatable bonds is 4. The molecule has 0 atom stereocenters. The molecule has 1 N–H and O–H groups in total. The summed E-state index contributed by atoms with van der Waals surface area (Å²) in [5.41, 5.74) is 1.75. The van der Waals surface area contributed by atoms with E-state index >= 15 is 0 Å². The fourth-order valence-electron chi connectivity index (χ4n) is 3.61. The van der Waals surface area contributed by atoms with E-state index in [0.717, 1.165) is 23.8 Å². The number of fused-ring (bicyclic) bond motifs is 1. The molecule has 1 fully saturated rings. The van der Waals surface area contributed by atoms with Crippen molar-refractivity contribution in [2.24, 2.45) is 7.05 Å². The number of nitrogens with one attached hydrogen (secondary N) is 1. The predicted molar refractivity (Wildman–Crippen MR) is 107 cm³/mol. The minimum Gasteiger partial charge on any atom is -0.490 e. The van der Waals surface area contributed by atoms with Crippen LogP contribution in [0.15, 0.2) is 46.3 Å². The van der Waals surface area contributed by atoms with Crippen molar-refractivity contribution in [3.05, 3.63) is 47.0 Å². The third kappa shape index (κ3) is 3.45. The van der Waals surface area contributed by atoms with Crippen LogP contribution in [0, 0.1) is 0 Å². The number of hydrogen-bond acceptors (Lipinski definition) is 5. The topological polar surface area (TPSA) is 90.4 Å². The van der Waals surface area contributed by atoms with E-state index in [1.165, 1.54) is 6.26 Å². The molecule has 0 bridgehead atoms. The normalized spacial score (nSPS) is 15.8. The van der Waals surface area contributed by atoms with Gasteiger partial charge in [-0.15, -0.1) is 0 Å². The van der Waals surface area contributed by atoms with Gasteiger partial charge in [-0.25, -0.2) is 8.42 Å². The van der Waals surface area contributed by atoms with Crippen molar-refractivity contribution >= 4 is 20.7 Å². The Kier molecular flexibility index (Phi) is 4.76. The molecule has 1 saturated heterocycles. The second-order valence-electron chi connectivity index (χ2n) is 7.08.